The first-order chi connectivity index (χ1) is 18.5. The van der Waals surface area contributed by atoms with E-state index in [1.54, 1.807) is 37.8 Å². The minimum absolute atomic E-state index is 0.138. The van der Waals surface area contributed by atoms with Crippen molar-refractivity contribution in [2.75, 3.05) is 23.8 Å². The summed E-state index contributed by atoms with van der Waals surface area (Å²) in [6, 6.07) is 4.65. The number of benzene rings is 1. The quantitative estimate of drug-likeness (QED) is 0.323. The molecule has 2 N–H and O–H groups in total. The number of anilines is 2. The number of alkyl halides is 2. The van der Waals surface area contributed by atoms with Crippen LogP contribution in [-0.4, -0.2) is 70.3 Å². The Balaban J connectivity index is 1.44. The van der Waals surface area contributed by atoms with Crippen molar-refractivity contribution >= 4 is 22.9 Å². The lowest BCUT2D eigenvalue weighted by Gasteiger charge is -2.21. The van der Waals surface area contributed by atoms with Gasteiger partial charge < -0.3 is 20.1 Å². The SMILES string of the molecule is Cn1nnnc1Cn1cc(NC(=O)c2cnn3cccnc23)c(-c2cc3c(cc2OC(F)F)NCCO3)n1. The molecule has 6 rings (SSSR count). The molecule has 0 spiro atoms. The number of hydrogen-bond donors (Lipinski definition) is 2. The number of ether oxygens (including phenoxy) is 2. The molecule has 0 radical (unpaired) electrons. The topological polar surface area (TPSA) is 151 Å². The van der Waals surface area contributed by atoms with E-state index in [-0.39, 0.29) is 34.8 Å². The van der Waals surface area contributed by atoms with Crippen molar-refractivity contribution in [3.8, 4) is 22.8 Å². The van der Waals surface area contributed by atoms with Gasteiger partial charge in [-0.3, -0.25) is 9.48 Å². The highest BCUT2D eigenvalue weighted by Crippen LogP contribution is 2.42. The first-order valence-corrected chi connectivity index (χ1v) is 11.3. The number of nitrogens with zero attached hydrogens (tertiary/aromatic N) is 9. The van der Waals surface area contributed by atoms with Crippen LogP contribution in [0.25, 0.3) is 16.9 Å². The molecule has 0 atom stereocenters. The molecule has 1 aliphatic rings. The molecule has 5 heterocycles. The van der Waals surface area contributed by atoms with Crippen LogP contribution in [0.3, 0.4) is 0 Å². The fourth-order valence-corrected chi connectivity index (χ4v) is 4.04. The first-order valence-electron chi connectivity index (χ1n) is 11.3. The molecule has 16 heteroatoms. The number of carbonyl (C=O) groups excluding carboxylic acids is 1. The van der Waals surface area contributed by atoms with E-state index in [9.17, 15) is 13.6 Å². The fourth-order valence-electron chi connectivity index (χ4n) is 4.04. The molecule has 0 unspecified atom stereocenters. The lowest BCUT2D eigenvalue weighted by Crippen LogP contribution is -2.18. The summed E-state index contributed by atoms with van der Waals surface area (Å²) < 4.78 is 41.7. The van der Waals surface area contributed by atoms with Gasteiger partial charge in [0.15, 0.2) is 11.5 Å². The Hall–Kier alpha value is -5.15. The van der Waals surface area contributed by atoms with Crippen LogP contribution >= 0.6 is 0 Å². The van der Waals surface area contributed by atoms with Gasteiger partial charge in [-0.05, 0) is 22.6 Å². The molecular formula is C22H19F2N11O3. The number of amides is 1. The Morgan fingerprint density at radius 2 is 2.24 bits per heavy atom. The van der Waals surface area contributed by atoms with E-state index in [4.69, 9.17) is 9.47 Å². The van der Waals surface area contributed by atoms with Crippen molar-refractivity contribution in [3.05, 3.63) is 54.4 Å². The van der Waals surface area contributed by atoms with Gasteiger partial charge in [-0.15, -0.1) is 5.10 Å². The number of fused-ring (bicyclic) bond motifs is 2. The third kappa shape index (κ3) is 4.31. The van der Waals surface area contributed by atoms with Crippen molar-refractivity contribution in [3.63, 3.8) is 0 Å². The Morgan fingerprint density at radius 3 is 3.05 bits per heavy atom. The number of hydrogen-bond acceptors (Lipinski definition) is 10. The molecule has 0 saturated heterocycles. The molecule has 0 aliphatic carbocycles. The molecule has 5 aromatic rings. The molecule has 1 aliphatic heterocycles. The second-order valence-electron chi connectivity index (χ2n) is 8.21. The highest BCUT2D eigenvalue weighted by atomic mass is 19.3. The Bertz CT molecular complexity index is 1640. The minimum atomic E-state index is -3.09. The Morgan fingerprint density at radius 1 is 1.34 bits per heavy atom. The summed E-state index contributed by atoms with van der Waals surface area (Å²) in [5.74, 6) is 0.248. The van der Waals surface area contributed by atoms with Crippen LogP contribution in [0.1, 0.15) is 16.2 Å². The zero-order valence-electron chi connectivity index (χ0n) is 19.7. The van der Waals surface area contributed by atoms with Gasteiger partial charge in [0.05, 0.1) is 23.1 Å². The van der Waals surface area contributed by atoms with Crippen molar-refractivity contribution in [1.29, 1.82) is 0 Å². The van der Waals surface area contributed by atoms with Crippen LogP contribution in [0.15, 0.2) is 43.0 Å². The molecule has 4 aromatic heterocycles. The number of rotatable bonds is 7. The number of nitrogens with one attached hydrogen (secondary N) is 2. The van der Waals surface area contributed by atoms with Crippen LogP contribution in [0, 0.1) is 0 Å². The predicted octanol–water partition coefficient (Wildman–Crippen LogP) is 1.82. The molecule has 38 heavy (non-hydrogen) atoms. The highest BCUT2D eigenvalue weighted by Gasteiger charge is 2.25. The first kappa shape index (κ1) is 23.3. The van der Waals surface area contributed by atoms with Gasteiger partial charge in [0.25, 0.3) is 5.91 Å². The smallest absolute Gasteiger partial charge is 0.387 e. The molecule has 0 saturated carbocycles. The van der Waals surface area contributed by atoms with Gasteiger partial charge in [-0.25, -0.2) is 14.2 Å². The van der Waals surface area contributed by atoms with E-state index >= 15 is 0 Å². The number of halogens is 2. The van der Waals surface area contributed by atoms with Crippen molar-refractivity contribution in [2.24, 2.45) is 7.05 Å². The van der Waals surface area contributed by atoms with Crippen LogP contribution in [0.5, 0.6) is 11.5 Å². The van der Waals surface area contributed by atoms with Crippen molar-refractivity contribution in [2.45, 2.75) is 13.2 Å². The Labute approximate surface area is 212 Å². The largest absolute Gasteiger partial charge is 0.490 e. The molecule has 14 nitrogen and oxygen atoms in total. The van der Waals surface area contributed by atoms with Gasteiger partial charge in [-0.2, -0.15) is 19.0 Å². The van der Waals surface area contributed by atoms with Crippen LogP contribution in [-0.2, 0) is 13.6 Å². The molecule has 1 aromatic carbocycles. The van der Waals surface area contributed by atoms with Gasteiger partial charge in [0.1, 0.15) is 35.9 Å². The third-order valence-corrected chi connectivity index (χ3v) is 5.77. The minimum Gasteiger partial charge on any atom is -0.490 e. The second kappa shape index (κ2) is 9.38. The molecule has 0 bridgehead atoms. The standard InChI is InChI=1S/C22H19F2N11O3/c1-33-18(29-31-32-33)11-34-10-15(28-21(36)13-9-27-35-5-2-3-26-20(13)35)19(30-34)12-7-17-14(25-4-6-37-17)8-16(12)38-22(23)24/h2-3,5,7-10,22,25H,4,6,11H2,1H3,(H,28,36). The van der Waals surface area contributed by atoms with E-state index in [1.807, 2.05) is 0 Å². The lowest BCUT2D eigenvalue weighted by atomic mass is 10.1. The summed E-state index contributed by atoms with van der Waals surface area (Å²) in [6.07, 6.45) is 6.14. The van der Waals surface area contributed by atoms with Crippen molar-refractivity contribution < 1.29 is 23.0 Å². The maximum absolute atomic E-state index is 13.4. The summed E-state index contributed by atoms with van der Waals surface area (Å²) in [6.45, 7) is -2.06. The van der Waals surface area contributed by atoms with Gasteiger partial charge in [0.2, 0.25) is 0 Å². The molecular weight excluding hydrogens is 504 g/mol. The lowest BCUT2D eigenvalue weighted by molar-refractivity contribution is -0.0494. The van der Waals surface area contributed by atoms with Crippen LogP contribution in [0.4, 0.5) is 20.2 Å². The predicted molar refractivity (Wildman–Crippen MR) is 127 cm³/mol. The van der Waals surface area contributed by atoms with Gasteiger partial charge in [0, 0.05) is 38.2 Å². The fraction of sp³-hybridized carbons (Fsp3) is 0.227. The summed E-state index contributed by atoms with van der Waals surface area (Å²) in [5.41, 5.74) is 1.65. The maximum Gasteiger partial charge on any atom is 0.387 e. The number of aromatic nitrogens is 9. The molecule has 0 fully saturated rings. The van der Waals surface area contributed by atoms with E-state index in [2.05, 4.69) is 41.3 Å². The number of carbonyl (C=O) groups is 1. The average Bonchev–Trinajstić information content (AvgIpc) is 3.62. The third-order valence-electron chi connectivity index (χ3n) is 5.77. The van der Waals surface area contributed by atoms with E-state index in [0.29, 0.717) is 36.1 Å². The van der Waals surface area contributed by atoms with E-state index < -0.39 is 12.5 Å². The van der Waals surface area contributed by atoms with Crippen molar-refractivity contribution in [1.82, 2.24) is 44.6 Å². The number of tetrazole rings is 1. The summed E-state index contributed by atoms with van der Waals surface area (Å²) in [4.78, 5) is 17.5. The summed E-state index contributed by atoms with van der Waals surface area (Å²) in [7, 11) is 1.67. The molecule has 194 valence electrons. The Kier molecular flexibility index (Phi) is 5.74. The average molecular weight is 523 g/mol. The van der Waals surface area contributed by atoms with Crippen LogP contribution in [0.2, 0.25) is 0 Å². The number of aryl methyl sites for hydroxylation is 1. The zero-order valence-corrected chi connectivity index (χ0v) is 19.7. The maximum atomic E-state index is 13.4. The molecule has 1 amide bonds. The highest BCUT2D eigenvalue weighted by molar-refractivity contribution is 6.09. The normalized spacial score (nSPS) is 12.7. The van der Waals surface area contributed by atoms with Gasteiger partial charge in [-0.1, -0.05) is 0 Å². The second-order valence-corrected chi connectivity index (χ2v) is 8.21. The van der Waals surface area contributed by atoms with Gasteiger partial charge >= 0.3 is 6.61 Å². The van der Waals surface area contributed by atoms with E-state index in [1.165, 1.54) is 26.1 Å². The summed E-state index contributed by atoms with van der Waals surface area (Å²) >= 11 is 0. The van der Waals surface area contributed by atoms with E-state index in [0.717, 1.165) is 0 Å². The summed E-state index contributed by atoms with van der Waals surface area (Å²) in [5, 5.41) is 26.0. The monoisotopic (exact) mass is 523 g/mol. The zero-order chi connectivity index (χ0) is 26.2. The van der Waals surface area contributed by atoms with Crippen LogP contribution < -0.4 is 20.1 Å².